The van der Waals surface area contributed by atoms with Crippen LogP contribution in [0.5, 0.6) is 5.75 Å². The number of Topliss-reactive ketones (excluding diaryl/α,β-unsaturated/α-hetero) is 1. The van der Waals surface area contributed by atoms with Crippen molar-refractivity contribution in [2.75, 3.05) is 18.4 Å². The third-order valence-corrected chi connectivity index (χ3v) is 5.88. The van der Waals surface area contributed by atoms with E-state index >= 15 is 0 Å². The van der Waals surface area contributed by atoms with E-state index in [4.69, 9.17) is 4.74 Å². The molecule has 30 heavy (non-hydrogen) atoms. The van der Waals surface area contributed by atoms with Gasteiger partial charge in [-0.1, -0.05) is 68.7 Å². The molecule has 0 bridgehead atoms. The molecule has 1 aliphatic rings. The molecule has 0 aromatic heterocycles. The van der Waals surface area contributed by atoms with E-state index in [-0.39, 0.29) is 17.9 Å². The van der Waals surface area contributed by atoms with Gasteiger partial charge >= 0.3 is 0 Å². The van der Waals surface area contributed by atoms with Crippen molar-refractivity contribution < 1.29 is 9.53 Å². The smallest absolute Gasteiger partial charge is 0.151 e. The molecule has 0 spiro atoms. The summed E-state index contributed by atoms with van der Waals surface area (Å²) >= 11 is 0. The lowest BCUT2D eigenvalue weighted by atomic mass is 10.0. The third-order valence-electron chi connectivity index (χ3n) is 5.88. The Bertz CT molecular complexity index is 770. The van der Waals surface area contributed by atoms with Crippen LogP contribution in [0.4, 0.5) is 5.69 Å². The topological polar surface area (TPSA) is 41.6 Å². The van der Waals surface area contributed by atoms with Crippen LogP contribution in [0.3, 0.4) is 0 Å². The van der Waals surface area contributed by atoms with E-state index in [9.17, 15) is 4.79 Å². The number of rotatable bonds is 11. The minimum atomic E-state index is -0.144. The Labute approximate surface area is 181 Å². The molecule has 1 N–H and O–H groups in total. The number of nitrogens with zero attached hydrogens (tertiary/aromatic N) is 1. The number of carbonyl (C=O) groups is 1. The van der Waals surface area contributed by atoms with E-state index < -0.39 is 0 Å². The molecule has 1 unspecified atom stereocenters. The average Bonchev–Trinajstić information content (AvgIpc) is 2.76. The summed E-state index contributed by atoms with van der Waals surface area (Å²) < 4.78 is 6.39. The molecule has 0 saturated carbocycles. The first kappa shape index (κ1) is 22.4. The van der Waals surface area contributed by atoms with Crippen molar-refractivity contribution >= 4 is 11.5 Å². The molecule has 2 aromatic carbocycles. The summed E-state index contributed by atoms with van der Waals surface area (Å²) in [5, 5.41) is 3.45. The summed E-state index contributed by atoms with van der Waals surface area (Å²) in [6.45, 7) is 6.95. The largest absolute Gasteiger partial charge is 0.488 e. The molecule has 3 rings (SSSR count). The highest BCUT2D eigenvalue weighted by Gasteiger charge is 2.22. The second kappa shape index (κ2) is 11.8. The number of unbranched alkanes of at least 4 members (excludes halogenated alkanes) is 2. The molecule has 4 nitrogen and oxygen atoms in total. The Morgan fingerprint density at radius 1 is 1.07 bits per heavy atom. The number of piperidine rings is 1. The minimum absolute atomic E-state index is 0.144. The molecule has 1 saturated heterocycles. The molecule has 1 atom stereocenters. The normalized spacial score (nSPS) is 16.2. The molecule has 0 aliphatic carbocycles. The number of likely N-dealkylation sites (tertiary alicyclic amines) is 1. The zero-order valence-electron chi connectivity index (χ0n) is 18.5. The van der Waals surface area contributed by atoms with Crippen molar-refractivity contribution in [2.45, 2.75) is 71.1 Å². The molecule has 4 heteroatoms. The third kappa shape index (κ3) is 6.88. The lowest BCUT2D eigenvalue weighted by molar-refractivity contribution is -0.117. The highest BCUT2D eigenvalue weighted by atomic mass is 16.5. The Hall–Kier alpha value is -2.33. The number of ketones is 1. The van der Waals surface area contributed by atoms with E-state index in [1.807, 2.05) is 24.3 Å². The lowest BCUT2D eigenvalue weighted by Crippen LogP contribution is -2.38. The number of hydrogen-bond acceptors (Lipinski definition) is 4. The zero-order chi connectivity index (χ0) is 21.2. The maximum atomic E-state index is 12.1. The molecule has 0 radical (unpaired) electrons. The van der Waals surface area contributed by atoms with Crippen LogP contribution in [0.2, 0.25) is 0 Å². The van der Waals surface area contributed by atoms with E-state index in [2.05, 4.69) is 47.5 Å². The number of hydrogen-bond donors (Lipinski definition) is 1. The van der Waals surface area contributed by atoms with Gasteiger partial charge in [-0.25, -0.2) is 0 Å². The molecular weight excluding hydrogens is 372 g/mol. The van der Waals surface area contributed by atoms with Crippen molar-refractivity contribution in [1.82, 2.24) is 4.90 Å². The van der Waals surface area contributed by atoms with E-state index in [0.29, 0.717) is 0 Å². The number of carbonyl (C=O) groups excluding carboxylic acids is 1. The highest BCUT2D eigenvalue weighted by Crippen LogP contribution is 2.29. The Morgan fingerprint density at radius 2 is 1.77 bits per heavy atom. The van der Waals surface area contributed by atoms with Crippen molar-refractivity contribution in [2.24, 2.45) is 0 Å². The summed E-state index contributed by atoms with van der Waals surface area (Å²) in [6.07, 6.45) is 6.52. The highest BCUT2D eigenvalue weighted by molar-refractivity contribution is 5.84. The molecule has 162 valence electrons. The van der Waals surface area contributed by atoms with Crippen LogP contribution in [0.15, 0.2) is 54.6 Å². The summed E-state index contributed by atoms with van der Waals surface area (Å²) in [7, 11) is 0. The van der Waals surface area contributed by atoms with Gasteiger partial charge in [-0.3, -0.25) is 9.69 Å². The number of nitrogens with one attached hydrogen (secondary N) is 1. The second-order valence-corrected chi connectivity index (χ2v) is 8.38. The molecule has 0 amide bonds. The fourth-order valence-electron chi connectivity index (χ4n) is 4.06. The fraction of sp³-hybridized carbons (Fsp3) is 0.500. The summed E-state index contributed by atoms with van der Waals surface area (Å²) in [6, 6.07) is 18.6. The average molecular weight is 409 g/mol. The number of para-hydroxylation sites is 2. The van der Waals surface area contributed by atoms with Gasteiger partial charge in [-0.2, -0.15) is 0 Å². The molecule has 1 aliphatic heterocycles. The first-order valence-corrected chi connectivity index (χ1v) is 11.4. The van der Waals surface area contributed by atoms with Crippen LogP contribution in [0, 0.1) is 0 Å². The minimum Gasteiger partial charge on any atom is -0.488 e. The van der Waals surface area contributed by atoms with Gasteiger partial charge in [0.1, 0.15) is 11.9 Å². The quantitative estimate of drug-likeness (QED) is 0.486. The monoisotopic (exact) mass is 408 g/mol. The van der Waals surface area contributed by atoms with Crippen molar-refractivity contribution in [1.29, 1.82) is 0 Å². The van der Waals surface area contributed by atoms with Crippen molar-refractivity contribution in [3.05, 3.63) is 60.2 Å². The lowest BCUT2D eigenvalue weighted by Gasteiger charge is -2.32. The van der Waals surface area contributed by atoms with Gasteiger partial charge in [0.2, 0.25) is 0 Å². The SMILES string of the molecule is CCCCCC(Nc1ccccc1OC1CCN(Cc2ccccc2)CC1)C(C)=O. The van der Waals surface area contributed by atoms with E-state index in [0.717, 1.165) is 69.6 Å². The molecule has 1 heterocycles. The van der Waals surface area contributed by atoms with Gasteiger partial charge in [-0.15, -0.1) is 0 Å². The first-order chi connectivity index (χ1) is 14.7. The number of benzene rings is 2. The first-order valence-electron chi connectivity index (χ1n) is 11.4. The Balaban J connectivity index is 1.54. The number of ether oxygens (including phenoxy) is 1. The second-order valence-electron chi connectivity index (χ2n) is 8.38. The Morgan fingerprint density at radius 3 is 2.47 bits per heavy atom. The van der Waals surface area contributed by atoms with Gasteiger partial charge < -0.3 is 10.1 Å². The maximum absolute atomic E-state index is 12.1. The van der Waals surface area contributed by atoms with Crippen LogP contribution >= 0.6 is 0 Å². The van der Waals surface area contributed by atoms with Gasteiger partial charge in [0.25, 0.3) is 0 Å². The zero-order valence-corrected chi connectivity index (χ0v) is 18.5. The fourth-order valence-corrected chi connectivity index (χ4v) is 4.06. The van der Waals surface area contributed by atoms with Gasteiger partial charge in [0, 0.05) is 19.6 Å². The standard InChI is InChI=1S/C26H36N2O2/c1-3-4-6-13-24(21(2)29)27-25-14-9-10-15-26(25)30-23-16-18-28(19-17-23)20-22-11-7-5-8-12-22/h5,7-12,14-15,23-24,27H,3-4,6,13,16-20H2,1-2H3. The summed E-state index contributed by atoms with van der Waals surface area (Å²) in [4.78, 5) is 14.6. The van der Waals surface area contributed by atoms with Crippen LogP contribution < -0.4 is 10.1 Å². The molecule has 2 aromatic rings. The summed E-state index contributed by atoms with van der Waals surface area (Å²) in [5.41, 5.74) is 2.30. The maximum Gasteiger partial charge on any atom is 0.151 e. The molecule has 1 fully saturated rings. The van der Waals surface area contributed by atoms with E-state index in [1.165, 1.54) is 5.56 Å². The predicted molar refractivity (Wildman–Crippen MR) is 124 cm³/mol. The molecular formula is C26H36N2O2. The van der Waals surface area contributed by atoms with Crippen molar-refractivity contribution in [3.63, 3.8) is 0 Å². The summed E-state index contributed by atoms with van der Waals surface area (Å²) in [5.74, 6) is 1.05. The van der Waals surface area contributed by atoms with Crippen LogP contribution in [0.25, 0.3) is 0 Å². The Kier molecular flexibility index (Phi) is 8.76. The van der Waals surface area contributed by atoms with Crippen LogP contribution in [0.1, 0.15) is 57.9 Å². The van der Waals surface area contributed by atoms with Crippen LogP contribution in [-0.4, -0.2) is 35.9 Å². The van der Waals surface area contributed by atoms with Gasteiger partial charge in [0.05, 0.1) is 11.7 Å². The van der Waals surface area contributed by atoms with Gasteiger partial charge in [0.15, 0.2) is 5.78 Å². The van der Waals surface area contributed by atoms with Crippen molar-refractivity contribution in [3.8, 4) is 5.75 Å². The predicted octanol–water partition coefficient (Wildman–Crippen LogP) is 5.68. The van der Waals surface area contributed by atoms with E-state index in [1.54, 1.807) is 6.92 Å². The van der Waals surface area contributed by atoms with Crippen LogP contribution in [-0.2, 0) is 11.3 Å². The number of anilines is 1. The van der Waals surface area contributed by atoms with Gasteiger partial charge in [-0.05, 0) is 43.9 Å².